The smallest absolute Gasteiger partial charge is 0.339 e. The van der Waals surface area contributed by atoms with Crippen LogP contribution in [0.5, 0.6) is 5.75 Å². The number of fused-ring (bicyclic) bond motifs is 3. The summed E-state index contributed by atoms with van der Waals surface area (Å²) in [6, 6.07) is 18.3. The van der Waals surface area contributed by atoms with Gasteiger partial charge in [0.1, 0.15) is 18.5 Å². The molecule has 5 rings (SSSR count). The number of methoxy groups -OCH3 is 1. The van der Waals surface area contributed by atoms with Crippen LogP contribution in [0.3, 0.4) is 0 Å². The van der Waals surface area contributed by atoms with Crippen LogP contribution in [0.2, 0.25) is 0 Å². The number of benzene rings is 2. The standard InChI is InChI=1S/C27H26N2O5/c1-32-27(31)18-12-19(15-28-14-18)34-17-20-16-29(10-11-33-20)26(30)13-25-23-8-4-2-6-21(23)22-7-3-5-9-24(22)25/h2-9,12,14-15,20,25H,10-11,13,16-17H2,1H3. The number of carbonyl (C=O) groups excluding carboxylic acids is 2. The van der Waals surface area contributed by atoms with Crippen molar-refractivity contribution in [3.05, 3.63) is 83.7 Å². The lowest BCUT2D eigenvalue weighted by molar-refractivity contribution is -0.140. The predicted octanol–water partition coefficient (Wildman–Crippen LogP) is 3.68. The van der Waals surface area contributed by atoms with E-state index in [-0.39, 0.29) is 24.5 Å². The van der Waals surface area contributed by atoms with Crippen LogP contribution in [-0.4, -0.2) is 61.3 Å². The minimum absolute atomic E-state index is 0.0598. The average molecular weight is 459 g/mol. The third-order valence-electron chi connectivity index (χ3n) is 6.40. The van der Waals surface area contributed by atoms with E-state index in [1.807, 2.05) is 29.2 Å². The zero-order valence-electron chi connectivity index (χ0n) is 19.0. The summed E-state index contributed by atoms with van der Waals surface area (Å²) in [5, 5.41) is 0. The highest BCUT2D eigenvalue weighted by Gasteiger charge is 2.32. The van der Waals surface area contributed by atoms with E-state index in [0.29, 0.717) is 37.4 Å². The highest BCUT2D eigenvalue weighted by Crippen LogP contribution is 2.46. The molecule has 0 spiro atoms. The molecule has 7 heteroatoms. The maximum absolute atomic E-state index is 13.3. The first-order chi connectivity index (χ1) is 16.6. The molecule has 2 aliphatic rings. The number of carbonyl (C=O) groups is 2. The van der Waals surface area contributed by atoms with Crippen molar-refractivity contribution in [1.82, 2.24) is 9.88 Å². The summed E-state index contributed by atoms with van der Waals surface area (Å²) in [6.07, 6.45) is 3.12. The number of nitrogens with zero attached hydrogens (tertiary/aromatic N) is 2. The number of pyridine rings is 1. The Morgan fingerprint density at radius 1 is 1.06 bits per heavy atom. The average Bonchev–Trinajstić information content (AvgIpc) is 3.21. The van der Waals surface area contributed by atoms with Crippen molar-refractivity contribution in [3.8, 4) is 16.9 Å². The van der Waals surface area contributed by atoms with Gasteiger partial charge in [0, 0.05) is 25.1 Å². The van der Waals surface area contributed by atoms with Gasteiger partial charge in [0.25, 0.3) is 0 Å². The molecule has 1 unspecified atom stereocenters. The molecule has 0 bridgehead atoms. The molecule has 174 valence electrons. The lowest BCUT2D eigenvalue weighted by Crippen LogP contribution is -2.47. The van der Waals surface area contributed by atoms with Crippen LogP contribution < -0.4 is 4.74 Å². The molecule has 0 saturated carbocycles. The van der Waals surface area contributed by atoms with Crippen molar-refractivity contribution in [1.29, 1.82) is 0 Å². The molecule has 0 radical (unpaired) electrons. The second-order valence-corrected chi connectivity index (χ2v) is 8.48. The van der Waals surface area contributed by atoms with E-state index in [9.17, 15) is 9.59 Å². The minimum atomic E-state index is -0.473. The Hall–Kier alpha value is -3.71. The molecule has 1 atom stereocenters. The molecular weight excluding hydrogens is 432 g/mol. The summed E-state index contributed by atoms with van der Waals surface area (Å²) in [5.74, 6) is 0.150. The quantitative estimate of drug-likeness (QED) is 0.525. The van der Waals surface area contributed by atoms with Crippen molar-refractivity contribution in [2.75, 3.05) is 33.4 Å². The van der Waals surface area contributed by atoms with E-state index in [1.54, 1.807) is 6.07 Å². The van der Waals surface area contributed by atoms with E-state index in [0.717, 1.165) is 0 Å². The SMILES string of the molecule is COC(=O)c1cncc(OCC2CN(C(=O)CC3c4ccccc4-c4ccccc43)CCO2)c1. The van der Waals surface area contributed by atoms with E-state index in [4.69, 9.17) is 14.2 Å². The Labute approximate surface area is 198 Å². The summed E-state index contributed by atoms with van der Waals surface area (Å²) in [6.45, 7) is 1.73. The molecule has 3 aromatic rings. The fraction of sp³-hybridized carbons (Fsp3) is 0.296. The lowest BCUT2D eigenvalue weighted by Gasteiger charge is -2.33. The second-order valence-electron chi connectivity index (χ2n) is 8.48. The highest BCUT2D eigenvalue weighted by atomic mass is 16.5. The van der Waals surface area contributed by atoms with Gasteiger partial charge >= 0.3 is 5.97 Å². The van der Waals surface area contributed by atoms with Gasteiger partial charge < -0.3 is 19.1 Å². The molecular formula is C27H26N2O5. The Bertz CT molecular complexity index is 1170. The third-order valence-corrected chi connectivity index (χ3v) is 6.40. The van der Waals surface area contributed by atoms with Gasteiger partial charge in [0.2, 0.25) is 5.91 Å². The fourth-order valence-corrected chi connectivity index (χ4v) is 4.75. The zero-order chi connectivity index (χ0) is 23.5. The van der Waals surface area contributed by atoms with Crippen LogP contribution in [-0.2, 0) is 14.3 Å². The van der Waals surface area contributed by atoms with Crippen molar-refractivity contribution in [2.24, 2.45) is 0 Å². The zero-order valence-corrected chi connectivity index (χ0v) is 19.0. The monoisotopic (exact) mass is 458 g/mol. The topological polar surface area (TPSA) is 78.0 Å². The first-order valence-electron chi connectivity index (χ1n) is 11.4. The minimum Gasteiger partial charge on any atom is -0.489 e. The molecule has 7 nitrogen and oxygen atoms in total. The van der Waals surface area contributed by atoms with Gasteiger partial charge in [0.05, 0.1) is 32.0 Å². The normalized spacial score (nSPS) is 17.1. The van der Waals surface area contributed by atoms with Gasteiger partial charge in [-0.25, -0.2) is 4.79 Å². The number of hydrogen-bond donors (Lipinski definition) is 0. The molecule has 1 saturated heterocycles. The van der Waals surface area contributed by atoms with E-state index in [1.165, 1.54) is 41.8 Å². The molecule has 34 heavy (non-hydrogen) atoms. The largest absolute Gasteiger partial charge is 0.489 e. The van der Waals surface area contributed by atoms with E-state index < -0.39 is 5.97 Å². The fourth-order valence-electron chi connectivity index (χ4n) is 4.75. The first kappa shape index (κ1) is 22.1. The maximum Gasteiger partial charge on any atom is 0.339 e. The molecule has 2 heterocycles. The number of ether oxygens (including phenoxy) is 3. The molecule has 1 aliphatic carbocycles. The summed E-state index contributed by atoms with van der Waals surface area (Å²) < 4.78 is 16.4. The van der Waals surface area contributed by atoms with Crippen LogP contribution in [0.4, 0.5) is 0 Å². The first-order valence-corrected chi connectivity index (χ1v) is 11.4. The van der Waals surface area contributed by atoms with Crippen LogP contribution in [0.25, 0.3) is 11.1 Å². The van der Waals surface area contributed by atoms with Gasteiger partial charge in [-0.2, -0.15) is 0 Å². The maximum atomic E-state index is 13.3. The van der Waals surface area contributed by atoms with Crippen molar-refractivity contribution >= 4 is 11.9 Å². The summed E-state index contributed by atoms with van der Waals surface area (Å²) >= 11 is 0. The molecule has 1 aromatic heterocycles. The van der Waals surface area contributed by atoms with Gasteiger partial charge in [-0.3, -0.25) is 9.78 Å². The number of rotatable bonds is 6. The van der Waals surface area contributed by atoms with E-state index >= 15 is 0 Å². The van der Waals surface area contributed by atoms with Crippen LogP contribution in [0.15, 0.2) is 67.0 Å². The predicted molar refractivity (Wildman–Crippen MR) is 126 cm³/mol. The second kappa shape index (κ2) is 9.65. The van der Waals surface area contributed by atoms with Gasteiger partial charge in [-0.15, -0.1) is 0 Å². The van der Waals surface area contributed by atoms with Crippen molar-refractivity contribution in [3.63, 3.8) is 0 Å². The Kier molecular flexibility index (Phi) is 6.27. The Balaban J connectivity index is 1.23. The molecule has 0 N–H and O–H groups in total. The molecule has 1 amide bonds. The molecule has 1 fully saturated rings. The Morgan fingerprint density at radius 3 is 2.47 bits per heavy atom. The van der Waals surface area contributed by atoms with Crippen molar-refractivity contribution in [2.45, 2.75) is 18.4 Å². The Morgan fingerprint density at radius 2 is 1.76 bits per heavy atom. The number of hydrogen-bond acceptors (Lipinski definition) is 6. The number of amides is 1. The van der Waals surface area contributed by atoms with Gasteiger partial charge in [-0.05, 0) is 28.3 Å². The number of morpholine rings is 1. The summed E-state index contributed by atoms with van der Waals surface area (Å²) in [5.41, 5.74) is 5.17. The van der Waals surface area contributed by atoms with Gasteiger partial charge in [0.15, 0.2) is 0 Å². The highest BCUT2D eigenvalue weighted by molar-refractivity contribution is 5.89. The summed E-state index contributed by atoms with van der Waals surface area (Å²) in [7, 11) is 1.32. The summed E-state index contributed by atoms with van der Waals surface area (Å²) in [4.78, 5) is 30.9. The lowest BCUT2D eigenvalue weighted by atomic mass is 9.93. The molecule has 1 aliphatic heterocycles. The molecule has 2 aromatic carbocycles. The number of aromatic nitrogens is 1. The number of esters is 1. The van der Waals surface area contributed by atoms with Crippen LogP contribution in [0.1, 0.15) is 33.8 Å². The third kappa shape index (κ3) is 4.39. The van der Waals surface area contributed by atoms with Gasteiger partial charge in [-0.1, -0.05) is 48.5 Å². The van der Waals surface area contributed by atoms with Crippen LogP contribution in [0, 0.1) is 0 Å². The van der Waals surface area contributed by atoms with E-state index in [2.05, 4.69) is 29.2 Å². The van der Waals surface area contributed by atoms with Crippen LogP contribution >= 0.6 is 0 Å². The van der Waals surface area contributed by atoms with Crippen molar-refractivity contribution < 1.29 is 23.8 Å².